The van der Waals surface area contributed by atoms with Gasteiger partial charge in [0.15, 0.2) is 0 Å². The van der Waals surface area contributed by atoms with Gasteiger partial charge in [-0.15, -0.1) is 0 Å². The molecule has 2 aliphatic heterocycles. The number of nitrogens with zero attached hydrogens (tertiary/aromatic N) is 1. The smallest absolute Gasteiger partial charge is 0.271 e. The molecule has 0 bridgehead atoms. The van der Waals surface area contributed by atoms with Crippen molar-refractivity contribution in [3.8, 4) is 0 Å². The van der Waals surface area contributed by atoms with Crippen LogP contribution in [-0.4, -0.2) is 48.1 Å². The van der Waals surface area contributed by atoms with Gasteiger partial charge < -0.3 is 15.6 Å². The zero-order valence-corrected chi connectivity index (χ0v) is 12.9. The van der Waals surface area contributed by atoms with Gasteiger partial charge in [0.05, 0.1) is 5.92 Å². The van der Waals surface area contributed by atoms with Crippen LogP contribution in [0.15, 0.2) is 11.8 Å². The summed E-state index contributed by atoms with van der Waals surface area (Å²) in [5.74, 6) is -0.343. The second-order valence-corrected chi connectivity index (χ2v) is 6.72. The number of hydrogen-bond acceptors (Lipinski definition) is 4. The highest BCUT2D eigenvalue weighted by Crippen LogP contribution is 2.34. The van der Waals surface area contributed by atoms with E-state index in [4.69, 9.17) is 0 Å². The molecule has 2 amide bonds. The van der Waals surface area contributed by atoms with E-state index in [0.717, 1.165) is 6.42 Å². The minimum absolute atomic E-state index is 0.0535. The monoisotopic (exact) mass is 310 g/mol. The van der Waals surface area contributed by atoms with E-state index in [1.165, 1.54) is 0 Å². The molecule has 2 fully saturated rings. The number of likely N-dealkylation sites (tertiary alicyclic amines) is 1. The third kappa shape index (κ3) is 3.09. The minimum Gasteiger partial charge on any atom is -0.351 e. The van der Waals surface area contributed by atoms with Crippen LogP contribution in [0.5, 0.6) is 0 Å². The SMILES string of the molecule is CC(C)C1C=C(C(=O)N2CC[C@H](NC(=O)[C@H]3C[C@H]3F)C2)NN1. The second kappa shape index (κ2) is 5.87. The lowest BCUT2D eigenvalue weighted by Crippen LogP contribution is -2.42. The summed E-state index contributed by atoms with van der Waals surface area (Å²) in [4.78, 5) is 25.9. The molecule has 22 heavy (non-hydrogen) atoms. The first-order valence-corrected chi connectivity index (χ1v) is 7.92. The van der Waals surface area contributed by atoms with Gasteiger partial charge in [0.25, 0.3) is 5.91 Å². The van der Waals surface area contributed by atoms with Gasteiger partial charge in [0.2, 0.25) is 5.91 Å². The summed E-state index contributed by atoms with van der Waals surface area (Å²) in [5.41, 5.74) is 6.58. The van der Waals surface area contributed by atoms with Crippen LogP contribution in [0.1, 0.15) is 26.7 Å². The van der Waals surface area contributed by atoms with Crippen molar-refractivity contribution in [2.45, 2.75) is 44.9 Å². The Labute approximate surface area is 129 Å². The number of hydrogen-bond donors (Lipinski definition) is 3. The van der Waals surface area contributed by atoms with Crippen LogP contribution in [0.3, 0.4) is 0 Å². The molecule has 1 saturated heterocycles. The molecule has 2 heterocycles. The van der Waals surface area contributed by atoms with Gasteiger partial charge in [0.1, 0.15) is 11.9 Å². The number of alkyl halides is 1. The first kappa shape index (κ1) is 15.3. The van der Waals surface area contributed by atoms with Gasteiger partial charge in [-0.1, -0.05) is 13.8 Å². The van der Waals surface area contributed by atoms with E-state index in [9.17, 15) is 14.0 Å². The molecule has 3 rings (SSSR count). The lowest BCUT2D eigenvalue weighted by Gasteiger charge is -2.17. The quantitative estimate of drug-likeness (QED) is 0.687. The van der Waals surface area contributed by atoms with E-state index in [2.05, 4.69) is 30.0 Å². The topological polar surface area (TPSA) is 73.5 Å². The van der Waals surface area contributed by atoms with E-state index in [1.54, 1.807) is 4.90 Å². The number of amides is 2. The summed E-state index contributed by atoms with van der Waals surface area (Å²) in [6.07, 6.45) is 1.98. The molecule has 0 aromatic heterocycles. The number of carbonyl (C=O) groups excluding carboxylic acids is 2. The summed E-state index contributed by atoms with van der Waals surface area (Å²) >= 11 is 0. The molecule has 1 unspecified atom stereocenters. The molecule has 0 radical (unpaired) electrons. The van der Waals surface area contributed by atoms with Crippen molar-refractivity contribution >= 4 is 11.8 Å². The summed E-state index contributed by atoms with van der Waals surface area (Å²) < 4.78 is 12.9. The van der Waals surface area contributed by atoms with Gasteiger partial charge in [0, 0.05) is 25.2 Å². The molecule has 3 aliphatic rings. The minimum atomic E-state index is -0.981. The molecular formula is C15H23FN4O2. The normalized spacial score (nSPS) is 33.6. The maximum absolute atomic E-state index is 12.9. The maximum atomic E-state index is 12.9. The molecule has 3 N–H and O–H groups in total. The fraction of sp³-hybridized carbons (Fsp3) is 0.733. The van der Waals surface area contributed by atoms with Gasteiger partial charge >= 0.3 is 0 Å². The van der Waals surface area contributed by atoms with Crippen molar-refractivity contribution in [2.75, 3.05) is 13.1 Å². The average Bonchev–Trinajstić information content (AvgIpc) is 2.93. The first-order chi connectivity index (χ1) is 10.5. The molecule has 4 atom stereocenters. The van der Waals surface area contributed by atoms with Crippen molar-refractivity contribution in [1.82, 2.24) is 21.1 Å². The van der Waals surface area contributed by atoms with Crippen LogP contribution in [0, 0.1) is 11.8 Å². The lowest BCUT2D eigenvalue weighted by molar-refractivity contribution is -0.127. The Bertz CT molecular complexity index is 508. The van der Waals surface area contributed by atoms with Gasteiger partial charge in [-0.05, 0) is 24.8 Å². The van der Waals surface area contributed by atoms with Crippen LogP contribution >= 0.6 is 0 Å². The van der Waals surface area contributed by atoms with Crippen LogP contribution in [0.2, 0.25) is 0 Å². The summed E-state index contributed by atoms with van der Waals surface area (Å²) in [5, 5.41) is 2.85. The van der Waals surface area contributed by atoms with Crippen molar-refractivity contribution < 1.29 is 14.0 Å². The number of nitrogens with one attached hydrogen (secondary N) is 3. The van der Waals surface area contributed by atoms with Crippen molar-refractivity contribution in [3.63, 3.8) is 0 Å². The molecule has 0 spiro atoms. The van der Waals surface area contributed by atoms with Crippen molar-refractivity contribution in [2.24, 2.45) is 11.8 Å². The molecule has 6 nitrogen and oxygen atoms in total. The van der Waals surface area contributed by atoms with E-state index in [0.29, 0.717) is 31.1 Å². The van der Waals surface area contributed by atoms with Crippen molar-refractivity contribution in [3.05, 3.63) is 11.8 Å². The Hall–Kier alpha value is -1.63. The Balaban J connectivity index is 1.51. The molecule has 1 aliphatic carbocycles. The third-order valence-corrected chi connectivity index (χ3v) is 4.54. The standard InChI is InChI=1S/C15H23FN4O2/c1-8(2)12-6-13(19-18-12)15(22)20-4-3-9(7-20)17-14(21)10-5-11(10)16/h6,8-12,18-19H,3-5,7H2,1-2H3,(H,17,21)/t9-,10-,11+,12?/m0/s1. The molecular weight excluding hydrogens is 287 g/mol. The molecule has 7 heteroatoms. The Morgan fingerprint density at radius 2 is 2.18 bits per heavy atom. The second-order valence-electron chi connectivity index (χ2n) is 6.72. The highest BCUT2D eigenvalue weighted by Gasteiger charge is 2.44. The maximum Gasteiger partial charge on any atom is 0.271 e. The Morgan fingerprint density at radius 3 is 2.77 bits per heavy atom. The third-order valence-electron chi connectivity index (χ3n) is 4.54. The highest BCUT2D eigenvalue weighted by atomic mass is 19.1. The Morgan fingerprint density at radius 1 is 1.45 bits per heavy atom. The fourth-order valence-corrected chi connectivity index (χ4v) is 2.88. The van der Waals surface area contributed by atoms with E-state index in [-0.39, 0.29) is 23.9 Å². The Kier molecular flexibility index (Phi) is 4.08. The number of hydrazine groups is 1. The zero-order valence-electron chi connectivity index (χ0n) is 12.9. The number of carbonyl (C=O) groups is 2. The number of rotatable bonds is 4. The molecule has 0 aromatic carbocycles. The van der Waals surface area contributed by atoms with Crippen LogP contribution in [0.4, 0.5) is 4.39 Å². The largest absolute Gasteiger partial charge is 0.351 e. The van der Waals surface area contributed by atoms with E-state index < -0.39 is 12.1 Å². The highest BCUT2D eigenvalue weighted by molar-refractivity contribution is 5.93. The van der Waals surface area contributed by atoms with E-state index in [1.807, 2.05) is 6.08 Å². The molecule has 1 saturated carbocycles. The summed E-state index contributed by atoms with van der Waals surface area (Å²) in [6.45, 7) is 5.26. The predicted octanol–water partition coefficient (Wildman–Crippen LogP) is 0.0778. The van der Waals surface area contributed by atoms with Gasteiger partial charge in [-0.2, -0.15) is 0 Å². The molecule has 122 valence electrons. The number of halogens is 1. The molecule has 0 aromatic rings. The zero-order chi connectivity index (χ0) is 15.9. The summed E-state index contributed by atoms with van der Waals surface area (Å²) in [7, 11) is 0. The van der Waals surface area contributed by atoms with Gasteiger partial charge in [-0.25, -0.2) is 9.82 Å². The first-order valence-electron chi connectivity index (χ1n) is 7.92. The van der Waals surface area contributed by atoms with Crippen LogP contribution in [-0.2, 0) is 9.59 Å². The van der Waals surface area contributed by atoms with Crippen molar-refractivity contribution in [1.29, 1.82) is 0 Å². The predicted molar refractivity (Wildman–Crippen MR) is 79.1 cm³/mol. The fourth-order valence-electron chi connectivity index (χ4n) is 2.88. The summed E-state index contributed by atoms with van der Waals surface area (Å²) in [6, 6.07) is 0.0773. The van der Waals surface area contributed by atoms with Crippen LogP contribution < -0.4 is 16.2 Å². The van der Waals surface area contributed by atoms with Gasteiger partial charge in [-0.3, -0.25) is 9.59 Å². The van der Waals surface area contributed by atoms with Crippen LogP contribution in [0.25, 0.3) is 0 Å². The van der Waals surface area contributed by atoms with E-state index >= 15 is 0 Å². The average molecular weight is 310 g/mol. The lowest BCUT2D eigenvalue weighted by atomic mass is 10.1.